The Labute approximate surface area is 155 Å². The van der Waals surface area contributed by atoms with E-state index in [-0.39, 0.29) is 24.8 Å². The second-order valence-corrected chi connectivity index (χ2v) is 7.10. The lowest BCUT2D eigenvalue weighted by Gasteiger charge is -2.34. The van der Waals surface area contributed by atoms with E-state index < -0.39 is 0 Å². The normalized spacial score (nSPS) is 21.6. The minimum Gasteiger partial charge on any atom is -0.340 e. The first-order valence-electron chi connectivity index (χ1n) is 8.07. The molecule has 1 aromatic rings. The smallest absolute Gasteiger partial charge is 0.222 e. The number of amides is 1. The summed E-state index contributed by atoms with van der Waals surface area (Å²) in [6, 6.07) is 4.88. The van der Waals surface area contributed by atoms with Crippen LogP contribution in [0.25, 0.3) is 0 Å². The van der Waals surface area contributed by atoms with Gasteiger partial charge in [0, 0.05) is 50.1 Å². The fourth-order valence-corrected chi connectivity index (χ4v) is 3.98. The maximum Gasteiger partial charge on any atom is 0.222 e. The fourth-order valence-electron chi connectivity index (χ4n) is 3.24. The number of rotatable bonds is 5. The van der Waals surface area contributed by atoms with Crippen molar-refractivity contribution in [2.75, 3.05) is 32.7 Å². The van der Waals surface area contributed by atoms with Crippen LogP contribution in [0.3, 0.4) is 0 Å². The first-order chi connectivity index (χ1) is 10.3. The molecule has 1 unspecified atom stereocenters. The molecule has 0 spiro atoms. The van der Waals surface area contributed by atoms with Gasteiger partial charge in [0.25, 0.3) is 0 Å². The molecule has 0 radical (unpaired) electrons. The van der Waals surface area contributed by atoms with Crippen LogP contribution < -0.4 is 5.32 Å². The summed E-state index contributed by atoms with van der Waals surface area (Å²) >= 11 is 1.82. The van der Waals surface area contributed by atoms with Crippen LogP contribution in [0.5, 0.6) is 0 Å². The van der Waals surface area contributed by atoms with Crippen molar-refractivity contribution in [3.8, 4) is 0 Å². The summed E-state index contributed by atoms with van der Waals surface area (Å²) in [5.41, 5.74) is 0. The molecule has 1 N–H and O–H groups in total. The van der Waals surface area contributed by atoms with Crippen LogP contribution in [-0.2, 0) is 11.3 Å². The van der Waals surface area contributed by atoms with Crippen LogP contribution in [0.15, 0.2) is 17.5 Å². The van der Waals surface area contributed by atoms with Gasteiger partial charge < -0.3 is 10.2 Å². The number of nitrogens with zero attached hydrogens (tertiary/aromatic N) is 2. The highest BCUT2D eigenvalue weighted by atomic mass is 35.5. The third-order valence-electron chi connectivity index (χ3n) is 4.55. The van der Waals surface area contributed by atoms with Crippen molar-refractivity contribution in [3.63, 3.8) is 0 Å². The van der Waals surface area contributed by atoms with Crippen LogP contribution in [0.2, 0.25) is 0 Å². The number of carbonyl (C=O) groups excluding carboxylic acids is 1. The van der Waals surface area contributed by atoms with E-state index in [1.807, 2.05) is 11.3 Å². The quantitative estimate of drug-likeness (QED) is 0.853. The minimum absolute atomic E-state index is 0. The van der Waals surface area contributed by atoms with E-state index in [1.54, 1.807) is 0 Å². The summed E-state index contributed by atoms with van der Waals surface area (Å²) in [5, 5.41) is 5.60. The predicted molar refractivity (Wildman–Crippen MR) is 101 cm³/mol. The molecule has 3 rings (SSSR count). The van der Waals surface area contributed by atoms with E-state index in [4.69, 9.17) is 0 Å². The van der Waals surface area contributed by atoms with Gasteiger partial charge in [-0.25, -0.2) is 0 Å². The van der Waals surface area contributed by atoms with Gasteiger partial charge in [0.15, 0.2) is 0 Å². The number of piperazine rings is 1. The van der Waals surface area contributed by atoms with Gasteiger partial charge >= 0.3 is 0 Å². The average molecular weight is 380 g/mol. The summed E-state index contributed by atoms with van der Waals surface area (Å²) in [4.78, 5) is 18.2. The van der Waals surface area contributed by atoms with Gasteiger partial charge in [-0.2, -0.15) is 0 Å². The first kappa shape index (κ1) is 20.7. The molecular formula is C16H27Cl2N3OS. The lowest BCUT2D eigenvalue weighted by atomic mass is 10.1. The molecule has 23 heavy (non-hydrogen) atoms. The zero-order valence-corrected chi connectivity index (χ0v) is 15.9. The number of hydrogen-bond acceptors (Lipinski definition) is 4. The molecular weight excluding hydrogens is 353 g/mol. The molecule has 7 heteroatoms. The Morgan fingerprint density at radius 3 is 2.65 bits per heavy atom. The Kier molecular flexibility index (Phi) is 9.47. The highest BCUT2D eigenvalue weighted by Crippen LogP contribution is 2.15. The minimum atomic E-state index is 0. The molecule has 0 aromatic carbocycles. The van der Waals surface area contributed by atoms with Gasteiger partial charge in [-0.1, -0.05) is 6.07 Å². The number of hydrogen-bond donors (Lipinski definition) is 1. The van der Waals surface area contributed by atoms with Crippen molar-refractivity contribution in [2.45, 2.75) is 38.3 Å². The summed E-state index contributed by atoms with van der Waals surface area (Å²) in [7, 11) is 0. The van der Waals surface area contributed by atoms with Crippen LogP contribution in [0.1, 0.15) is 30.6 Å². The number of halogens is 2. The van der Waals surface area contributed by atoms with E-state index in [0.717, 1.165) is 45.7 Å². The second kappa shape index (κ2) is 10.5. The molecule has 0 bridgehead atoms. The van der Waals surface area contributed by atoms with Gasteiger partial charge in [-0.3, -0.25) is 9.69 Å². The van der Waals surface area contributed by atoms with Crippen molar-refractivity contribution >= 4 is 42.1 Å². The van der Waals surface area contributed by atoms with E-state index in [9.17, 15) is 4.79 Å². The van der Waals surface area contributed by atoms with Crippen LogP contribution in [0, 0.1) is 0 Å². The van der Waals surface area contributed by atoms with E-state index in [0.29, 0.717) is 18.4 Å². The Morgan fingerprint density at radius 2 is 2.04 bits per heavy atom. The maximum atomic E-state index is 12.3. The monoisotopic (exact) mass is 379 g/mol. The molecule has 0 saturated carbocycles. The molecule has 2 fully saturated rings. The zero-order chi connectivity index (χ0) is 14.5. The molecule has 132 valence electrons. The van der Waals surface area contributed by atoms with Gasteiger partial charge in [-0.15, -0.1) is 36.2 Å². The Hall–Kier alpha value is -0.330. The Morgan fingerprint density at radius 1 is 1.26 bits per heavy atom. The molecule has 1 atom stereocenters. The fraction of sp³-hybridized carbons (Fsp3) is 0.688. The SMILES string of the molecule is Cl.Cl.O=C(CCC1CCCN1)N1CCN(Cc2cccs2)CC1. The van der Waals surface area contributed by atoms with Crippen molar-refractivity contribution < 1.29 is 4.79 Å². The predicted octanol–water partition coefficient (Wildman–Crippen LogP) is 2.77. The lowest BCUT2D eigenvalue weighted by molar-refractivity contribution is -0.133. The molecule has 2 aliphatic rings. The van der Waals surface area contributed by atoms with E-state index in [2.05, 4.69) is 32.6 Å². The maximum absolute atomic E-state index is 12.3. The molecule has 2 aliphatic heterocycles. The number of thiophene rings is 1. The van der Waals surface area contributed by atoms with Crippen LogP contribution in [-0.4, -0.2) is 54.5 Å². The van der Waals surface area contributed by atoms with Gasteiger partial charge in [0.1, 0.15) is 0 Å². The molecule has 3 heterocycles. The van der Waals surface area contributed by atoms with Crippen LogP contribution >= 0.6 is 36.2 Å². The average Bonchev–Trinajstić information content (AvgIpc) is 3.19. The number of nitrogens with one attached hydrogen (secondary N) is 1. The molecule has 2 saturated heterocycles. The summed E-state index contributed by atoms with van der Waals surface area (Å²) in [5.74, 6) is 0.347. The third kappa shape index (κ3) is 6.24. The lowest BCUT2D eigenvalue weighted by Crippen LogP contribution is -2.48. The highest BCUT2D eigenvalue weighted by molar-refractivity contribution is 7.09. The summed E-state index contributed by atoms with van der Waals surface area (Å²) < 4.78 is 0. The second-order valence-electron chi connectivity index (χ2n) is 6.07. The van der Waals surface area contributed by atoms with Crippen molar-refractivity contribution in [2.24, 2.45) is 0 Å². The van der Waals surface area contributed by atoms with E-state index in [1.165, 1.54) is 17.7 Å². The van der Waals surface area contributed by atoms with Crippen molar-refractivity contribution in [1.82, 2.24) is 15.1 Å². The summed E-state index contributed by atoms with van der Waals surface area (Å²) in [6.45, 7) is 5.95. The number of carbonyl (C=O) groups is 1. The van der Waals surface area contributed by atoms with E-state index >= 15 is 0 Å². The van der Waals surface area contributed by atoms with Crippen molar-refractivity contribution in [1.29, 1.82) is 0 Å². The topological polar surface area (TPSA) is 35.6 Å². The van der Waals surface area contributed by atoms with Crippen molar-refractivity contribution in [3.05, 3.63) is 22.4 Å². The van der Waals surface area contributed by atoms with Crippen LogP contribution in [0.4, 0.5) is 0 Å². The zero-order valence-electron chi connectivity index (χ0n) is 13.4. The molecule has 1 amide bonds. The molecule has 1 aromatic heterocycles. The Bertz CT molecular complexity index is 444. The largest absolute Gasteiger partial charge is 0.340 e. The summed E-state index contributed by atoms with van der Waals surface area (Å²) in [6.07, 6.45) is 4.22. The van der Waals surface area contributed by atoms with Gasteiger partial charge in [-0.05, 0) is 37.3 Å². The molecule has 4 nitrogen and oxygen atoms in total. The first-order valence-corrected chi connectivity index (χ1v) is 8.95. The van der Waals surface area contributed by atoms with Gasteiger partial charge in [0.2, 0.25) is 5.91 Å². The van der Waals surface area contributed by atoms with Gasteiger partial charge in [0.05, 0.1) is 0 Å². The Balaban J connectivity index is 0.00000132. The standard InChI is InChI=1S/C16H25N3OS.2ClH/c20-16(6-5-14-3-1-7-17-14)19-10-8-18(9-11-19)13-15-4-2-12-21-15;;/h2,4,12,14,17H,1,3,5-11,13H2;2*1H. The highest BCUT2D eigenvalue weighted by Gasteiger charge is 2.22. The third-order valence-corrected chi connectivity index (χ3v) is 5.41. The molecule has 0 aliphatic carbocycles.